The van der Waals surface area contributed by atoms with Crippen molar-refractivity contribution in [1.82, 2.24) is 4.90 Å². The van der Waals surface area contributed by atoms with Crippen LogP contribution in [0.15, 0.2) is 18.2 Å². The summed E-state index contributed by atoms with van der Waals surface area (Å²) in [6.45, 7) is 0.496. The Morgan fingerprint density at radius 3 is 2.82 bits per heavy atom. The maximum absolute atomic E-state index is 11.3. The smallest absolute Gasteiger partial charge is 0.223 e. The van der Waals surface area contributed by atoms with Crippen LogP contribution in [0.3, 0.4) is 0 Å². The Labute approximate surface area is 101 Å². The number of rotatable bonds is 4. The van der Waals surface area contributed by atoms with Gasteiger partial charge < -0.3 is 16.0 Å². The highest BCUT2D eigenvalue weighted by atomic mass is 16.2. The van der Waals surface area contributed by atoms with Crippen LogP contribution in [0.25, 0.3) is 0 Å². The zero-order chi connectivity index (χ0) is 12.8. The number of amides is 1. The first kappa shape index (κ1) is 12.8. The van der Waals surface area contributed by atoms with Crippen molar-refractivity contribution < 1.29 is 4.79 Å². The number of anilines is 2. The fourth-order valence-corrected chi connectivity index (χ4v) is 1.34. The van der Waals surface area contributed by atoms with Gasteiger partial charge in [0.25, 0.3) is 0 Å². The normalized spacial score (nSPS) is 9.47. The number of benzene rings is 1. The topological polar surface area (TPSA) is 82.2 Å². The molecular formula is C12H16N4O. The van der Waals surface area contributed by atoms with Gasteiger partial charge in [0.05, 0.1) is 11.3 Å². The van der Waals surface area contributed by atoms with Crippen LogP contribution in [0.1, 0.15) is 12.0 Å². The largest absolute Gasteiger partial charge is 0.399 e. The Morgan fingerprint density at radius 1 is 1.53 bits per heavy atom. The summed E-state index contributed by atoms with van der Waals surface area (Å²) in [5.41, 5.74) is 7.32. The first-order chi connectivity index (χ1) is 8.04. The number of carbonyl (C=O) groups is 1. The van der Waals surface area contributed by atoms with E-state index in [0.29, 0.717) is 29.9 Å². The molecule has 17 heavy (non-hydrogen) atoms. The van der Waals surface area contributed by atoms with E-state index >= 15 is 0 Å². The summed E-state index contributed by atoms with van der Waals surface area (Å²) in [4.78, 5) is 12.9. The lowest BCUT2D eigenvalue weighted by Gasteiger charge is -2.12. The van der Waals surface area contributed by atoms with Gasteiger partial charge in [0.2, 0.25) is 5.91 Å². The van der Waals surface area contributed by atoms with Gasteiger partial charge >= 0.3 is 0 Å². The number of hydrogen-bond donors (Lipinski definition) is 2. The first-order valence-electron chi connectivity index (χ1n) is 5.28. The van der Waals surface area contributed by atoms with Crippen molar-refractivity contribution >= 4 is 17.3 Å². The molecule has 0 aromatic heterocycles. The summed E-state index contributed by atoms with van der Waals surface area (Å²) in [6, 6.07) is 7.13. The second-order valence-electron chi connectivity index (χ2n) is 3.88. The number of nitrogens with one attached hydrogen (secondary N) is 1. The Kier molecular flexibility index (Phi) is 4.35. The van der Waals surface area contributed by atoms with Gasteiger partial charge in [-0.15, -0.1) is 0 Å². The maximum Gasteiger partial charge on any atom is 0.223 e. The molecule has 0 aliphatic heterocycles. The average molecular weight is 232 g/mol. The molecule has 0 fully saturated rings. The van der Waals surface area contributed by atoms with Crippen molar-refractivity contribution in [2.75, 3.05) is 31.7 Å². The van der Waals surface area contributed by atoms with Gasteiger partial charge in [-0.3, -0.25) is 4.79 Å². The number of nitrogens with two attached hydrogens (primary N) is 1. The molecule has 90 valence electrons. The molecule has 0 aliphatic rings. The van der Waals surface area contributed by atoms with E-state index in [4.69, 9.17) is 11.0 Å². The van der Waals surface area contributed by atoms with Crippen LogP contribution in [-0.4, -0.2) is 31.4 Å². The number of nitrogens with zero attached hydrogens (tertiary/aromatic N) is 2. The van der Waals surface area contributed by atoms with Crippen molar-refractivity contribution in [2.45, 2.75) is 6.42 Å². The molecule has 0 heterocycles. The van der Waals surface area contributed by atoms with Crippen LogP contribution in [0.5, 0.6) is 0 Å². The van der Waals surface area contributed by atoms with E-state index in [9.17, 15) is 4.79 Å². The highest BCUT2D eigenvalue weighted by Gasteiger charge is 2.05. The summed E-state index contributed by atoms with van der Waals surface area (Å²) in [5, 5.41) is 12.0. The van der Waals surface area contributed by atoms with Gasteiger partial charge in [0.1, 0.15) is 6.07 Å². The standard InChI is InChI=1S/C12H16N4O/c1-16(2)12(17)5-6-15-11-4-3-10(14)7-9(11)8-13/h3-4,7,15H,5-6,14H2,1-2H3. The first-order valence-corrected chi connectivity index (χ1v) is 5.28. The molecule has 0 bridgehead atoms. The lowest BCUT2D eigenvalue weighted by molar-refractivity contribution is -0.128. The van der Waals surface area contributed by atoms with Crippen molar-refractivity contribution in [3.8, 4) is 6.07 Å². The summed E-state index contributed by atoms with van der Waals surface area (Å²) in [5.74, 6) is 0.0476. The molecule has 1 amide bonds. The number of nitriles is 1. The van der Waals surface area contributed by atoms with Crippen LogP contribution in [0.2, 0.25) is 0 Å². The molecule has 5 heteroatoms. The number of hydrogen-bond acceptors (Lipinski definition) is 4. The predicted octanol–water partition coefficient (Wildman–Crippen LogP) is 1.03. The third kappa shape index (κ3) is 3.68. The van der Waals surface area contributed by atoms with Crippen molar-refractivity contribution in [1.29, 1.82) is 5.26 Å². The molecule has 3 N–H and O–H groups in total. The molecule has 0 unspecified atom stereocenters. The third-order valence-corrected chi connectivity index (χ3v) is 2.32. The minimum absolute atomic E-state index is 0.0476. The van der Waals surface area contributed by atoms with E-state index in [0.717, 1.165) is 0 Å². The van der Waals surface area contributed by atoms with Crippen molar-refractivity contribution in [3.05, 3.63) is 23.8 Å². The fourth-order valence-electron chi connectivity index (χ4n) is 1.34. The molecule has 1 aromatic carbocycles. The van der Waals surface area contributed by atoms with Gasteiger partial charge in [-0.1, -0.05) is 0 Å². The minimum atomic E-state index is 0.0476. The van der Waals surface area contributed by atoms with Gasteiger partial charge in [0.15, 0.2) is 0 Å². The zero-order valence-electron chi connectivity index (χ0n) is 10.0. The van der Waals surface area contributed by atoms with Gasteiger partial charge in [0, 0.05) is 32.7 Å². The van der Waals surface area contributed by atoms with Gasteiger partial charge in [-0.25, -0.2) is 0 Å². The molecule has 0 saturated carbocycles. The van der Waals surface area contributed by atoms with Crippen LogP contribution >= 0.6 is 0 Å². The molecule has 5 nitrogen and oxygen atoms in total. The molecule has 0 atom stereocenters. The van der Waals surface area contributed by atoms with Crippen LogP contribution < -0.4 is 11.1 Å². The zero-order valence-corrected chi connectivity index (χ0v) is 10.0. The highest BCUT2D eigenvalue weighted by Crippen LogP contribution is 2.17. The Balaban J connectivity index is 2.58. The lowest BCUT2D eigenvalue weighted by Crippen LogP contribution is -2.24. The van der Waals surface area contributed by atoms with E-state index < -0.39 is 0 Å². The van der Waals surface area contributed by atoms with E-state index in [2.05, 4.69) is 11.4 Å². The lowest BCUT2D eigenvalue weighted by atomic mass is 10.1. The fraction of sp³-hybridized carbons (Fsp3) is 0.333. The van der Waals surface area contributed by atoms with E-state index in [1.54, 1.807) is 32.3 Å². The molecule has 0 aliphatic carbocycles. The average Bonchev–Trinajstić information content (AvgIpc) is 2.30. The quantitative estimate of drug-likeness (QED) is 0.760. The van der Waals surface area contributed by atoms with Gasteiger partial charge in [-0.2, -0.15) is 5.26 Å². The summed E-state index contributed by atoms with van der Waals surface area (Å²) >= 11 is 0. The van der Waals surface area contributed by atoms with Gasteiger partial charge in [-0.05, 0) is 18.2 Å². The highest BCUT2D eigenvalue weighted by molar-refractivity contribution is 5.76. The van der Waals surface area contributed by atoms with Crippen molar-refractivity contribution in [2.24, 2.45) is 0 Å². The van der Waals surface area contributed by atoms with Crippen LogP contribution in [0, 0.1) is 11.3 Å². The SMILES string of the molecule is CN(C)C(=O)CCNc1ccc(N)cc1C#N. The molecule has 1 rings (SSSR count). The van der Waals surface area contributed by atoms with Crippen LogP contribution in [-0.2, 0) is 4.79 Å². The van der Waals surface area contributed by atoms with E-state index in [1.165, 1.54) is 4.90 Å². The monoisotopic (exact) mass is 232 g/mol. The molecule has 0 radical (unpaired) electrons. The minimum Gasteiger partial charge on any atom is -0.399 e. The Hall–Kier alpha value is -2.22. The molecular weight excluding hydrogens is 216 g/mol. The Bertz CT molecular complexity index is 448. The van der Waals surface area contributed by atoms with Crippen LogP contribution in [0.4, 0.5) is 11.4 Å². The second-order valence-corrected chi connectivity index (χ2v) is 3.88. The number of carbonyl (C=O) groups excluding carboxylic acids is 1. The number of nitrogen functional groups attached to an aromatic ring is 1. The maximum atomic E-state index is 11.3. The van der Waals surface area contributed by atoms with E-state index in [1.807, 2.05) is 0 Å². The molecule has 0 saturated heterocycles. The third-order valence-electron chi connectivity index (χ3n) is 2.32. The molecule has 1 aromatic rings. The predicted molar refractivity (Wildman–Crippen MR) is 67.4 cm³/mol. The van der Waals surface area contributed by atoms with E-state index in [-0.39, 0.29) is 5.91 Å². The van der Waals surface area contributed by atoms with Crippen molar-refractivity contribution in [3.63, 3.8) is 0 Å². The second kappa shape index (κ2) is 5.75. The Morgan fingerprint density at radius 2 is 2.24 bits per heavy atom. The summed E-state index contributed by atoms with van der Waals surface area (Å²) < 4.78 is 0. The summed E-state index contributed by atoms with van der Waals surface area (Å²) in [6.07, 6.45) is 0.391. The molecule has 0 spiro atoms. The summed E-state index contributed by atoms with van der Waals surface area (Å²) in [7, 11) is 3.43.